The second kappa shape index (κ2) is 6.08. The van der Waals surface area contributed by atoms with Gasteiger partial charge in [0.05, 0.1) is 6.54 Å². The Balaban J connectivity index is 2.04. The first-order valence-corrected chi connectivity index (χ1v) is 7.48. The molecule has 3 nitrogen and oxygen atoms in total. The van der Waals surface area contributed by atoms with E-state index in [4.69, 9.17) is 0 Å². The molecule has 0 bridgehead atoms. The highest BCUT2D eigenvalue weighted by molar-refractivity contribution is 5.85. The number of hydrogen-bond donors (Lipinski definition) is 1. The minimum Gasteiger partial charge on any atom is -0.380 e. The molecule has 1 N–H and O–H groups in total. The van der Waals surface area contributed by atoms with Crippen molar-refractivity contribution < 1.29 is 13.9 Å². The van der Waals surface area contributed by atoms with E-state index < -0.39 is 5.60 Å². The van der Waals surface area contributed by atoms with Gasteiger partial charge in [0.25, 0.3) is 0 Å². The Labute approximate surface area is 133 Å². The highest BCUT2D eigenvalue weighted by atomic mass is 19.1. The van der Waals surface area contributed by atoms with Crippen LogP contribution < -0.4 is 0 Å². The largest absolute Gasteiger partial charge is 0.380 e. The number of hydrogen-bond acceptors (Lipinski definition) is 3. The Kier molecular flexibility index (Phi) is 4.13. The van der Waals surface area contributed by atoms with E-state index in [9.17, 15) is 13.9 Å². The van der Waals surface area contributed by atoms with Gasteiger partial charge in [-0.1, -0.05) is 24.3 Å². The van der Waals surface area contributed by atoms with Gasteiger partial charge in [-0.25, -0.2) is 8.78 Å². The van der Waals surface area contributed by atoms with Crippen molar-refractivity contribution in [1.82, 2.24) is 4.90 Å². The summed E-state index contributed by atoms with van der Waals surface area (Å²) in [5.41, 5.74) is -0.291. The van der Waals surface area contributed by atoms with Gasteiger partial charge in [-0.15, -0.1) is 0 Å². The van der Waals surface area contributed by atoms with Gasteiger partial charge >= 0.3 is 0 Å². The van der Waals surface area contributed by atoms with Crippen LogP contribution in [-0.4, -0.2) is 36.0 Å². The molecular formula is C18H18F2N2O. The fourth-order valence-corrected chi connectivity index (χ4v) is 2.82. The van der Waals surface area contributed by atoms with Crippen LogP contribution in [0.2, 0.25) is 0 Å². The monoisotopic (exact) mass is 316 g/mol. The van der Waals surface area contributed by atoms with Gasteiger partial charge in [0.15, 0.2) is 0 Å². The first-order chi connectivity index (χ1) is 11.0. The summed E-state index contributed by atoms with van der Waals surface area (Å²) in [5, 5.41) is 11.4. The van der Waals surface area contributed by atoms with Crippen molar-refractivity contribution in [1.29, 1.82) is 0 Å². The lowest BCUT2D eigenvalue weighted by molar-refractivity contribution is 0.0864. The summed E-state index contributed by atoms with van der Waals surface area (Å²) in [6, 6.07) is 11.4. The predicted molar refractivity (Wildman–Crippen MR) is 85.3 cm³/mol. The second-order valence-electron chi connectivity index (χ2n) is 5.77. The van der Waals surface area contributed by atoms with Crippen LogP contribution in [0.25, 0.3) is 0 Å². The number of likely N-dealkylation sites (N-methyl/N-ethyl adjacent to an activating group) is 1. The van der Waals surface area contributed by atoms with E-state index in [1.165, 1.54) is 24.3 Å². The van der Waals surface area contributed by atoms with Crippen molar-refractivity contribution in [3.63, 3.8) is 0 Å². The third kappa shape index (κ3) is 3.10. The van der Waals surface area contributed by atoms with Crippen molar-refractivity contribution in [2.45, 2.75) is 12.0 Å². The molecule has 0 unspecified atom stereocenters. The highest BCUT2D eigenvalue weighted by Crippen LogP contribution is 2.34. The molecule has 0 atom stereocenters. The van der Waals surface area contributed by atoms with Crippen LogP contribution in [0.15, 0.2) is 53.5 Å². The molecular weight excluding hydrogens is 298 g/mol. The summed E-state index contributed by atoms with van der Waals surface area (Å²) in [6.07, 6.45) is 0.251. The lowest BCUT2D eigenvalue weighted by Gasteiger charge is -2.31. The Morgan fingerprint density at radius 3 is 1.87 bits per heavy atom. The Bertz CT molecular complexity index is 665. The van der Waals surface area contributed by atoms with E-state index in [0.717, 1.165) is 12.4 Å². The first-order valence-electron chi connectivity index (χ1n) is 7.48. The molecule has 0 saturated heterocycles. The van der Waals surface area contributed by atoms with Crippen LogP contribution in [0.3, 0.4) is 0 Å². The number of halogens is 2. The number of benzene rings is 2. The van der Waals surface area contributed by atoms with Gasteiger partial charge in [-0.05, 0) is 35.4 Å². The number of nitrogens with zero attached hydrogens (tertiary/aromatic N) is 2. The summed E-state index contributed by atoms with van der Waals surface area (Å²) >= 11 is 0. The van der Waals surface area contributed by atoms with E-state index in [-0.39, 0.29) is 18.1 Å². The molecule has 23 heavy (non-hydrogen) atoms. The van der Waals surface area contributed by atoms with Crippen molar-refractivity contribution in [3.8, 4) is 0 Å². The minimum absolute atomic E-state index is 0.251. The molecule has 120 valence electrons. The summed E-state index contributed by atoms with van der Waals surface area (Å²) in [5.74, 6) is 0.0391. The van der Waals surface area contributed by atoms with Gasteiger partial charge in [0, 0.05) is 20.0 Å². The van der Waals surface area contributed by atoms with Gasteiger partial charge in [0.1, 0.15) is 23.1 Å². The Hall–Kier alpha value is -2.27. The summed E-state index contributed by atoms with van der Waals surface area (Å²) in [4.78, 5) is 6.41. The maximum Gasteiger partial charge on any atom is 0.123 e. The standard InChI is InChI=1S/C18H18F2N2O/c1-22-11-10-21-17(22)12-18(23,13-2-6-15(19)7-3-13)14-4-8-16(20)9-5-14/h2-9,23H,10-12H2,1H3. The number of amidine groups is 1. The SMILES string of the molecule is CN1CCN=C1CC(O)(c1ccc(F)cc1)c1ccc(F)cc1. The Morgan fingerprint density at radius 2 is 1.48 bits per heavy atom. The quantitative estimate of drug-likeness (QED) is 0.941. The third-order valence-electron chi connectivity index (χ3n) is 4.23. The van der Waals surface area contributed by atoms with Gasteiger partial charge in [0.2, 0.25) is 0 Å². The third-order valence-corrected chi connectivity index (χ3v) is 4.23. The fraction of sp³-hybridized carbons (Fsp3) is 0.278. The lowest BCUT2D eigenvalue weighted by Crippen LogP contribution is -2.35. The molecule has 1 aliphatic rings. The van der Waals surface area contributed by atoms with E-state index in [1.807, 2.05) is 11.9 Å². The van der Waals surface area contributed by atoms with Gasteiger partial charge in [-0.3, -0.25) is 4.99 Å². The second-order valence-corrected chi connectivity index (χ2v) is 5.77. The normalized spacial score (nSPS) is 15.0. The van der Waals surface area contributed by atoms with Crippen LogP contribution in [0, 0.1) is 11.6 Å². The smallest absolute Gasteiger partial charge is 0.123 e. The molecule has 5 heteroatoms. The lowest BCUT2D eigenvalue weighted by atomic mass is 9.83. The maximum atomic E-state index is 13.2. The average molecular weight is 316 g/mol. The molecule has 2 aromatic carbocycles. The zero-order chi connectivity index (χ0) is 16.4. The molecule has 1 heterocycles. The van der Waals surface area contributed by atoms with Crippen LogP contribution in [-0.2, 0) is 5.60 Å². The fourth-order valence-electron chi connectivity index (χ4n) is 2.82. The predicted octanol–water partition coefficient (Wildman–Crippen LogP) is 2.93. The molecule has 0 fully saturated rings. The van der Waals surface area contributed by atoms with Crippen molar-refractivity contribution in [2.75, 3.05) is 20.1 Å². The molecule has 0 aromatic heterocycles. The van der Waals surface area contributed by atoms with E-state index in [0.29, 0.717) is 17.7 Å². The summed E-state index contributed by atoms with van der Waals surface area (Å²) in [7, 11) is 1.92. The van der Waals surface area contributed by atoms with Crippen molar-refractivity contribution >= 4 is 5.84 Å². The number of aliphatic hydroxyl groups is 1. The van der Waals surface area contributed by atoms with Gasteiger partial charge < -0.3 is 10.0 Å². The zero-order valence-electron chi connectivity index (χ0n) is 12.8. The van der Waals surface area contributed by atoms with Crippen molar-refractivity contribution in [2.24, 2.45) is 4.99 Å². The van der Waals surface area contributed by atoms with Crippen LogP contribution in [0.1, 0.15) is 17.5 Å². The molecule has 0 spiro atoms. The summed E-state index contributed by atoms with van der Waals surface area (Å²) < 4.78 is 26.5. The van der Waals surface area contributed by atoms with Crippen LogP contribution >= 0.6 is 0 Å². The summed E-state index contributed by atoms with van der Waals surface area (Å²) in [6.45, 7) is 1.49. The molecule has 2 aromatic rings. The van der Waals surface area contributed by atoms with Crippen molar-refractivity contribution in [3.05, 3.63) is 71.3 Å². The maximum absolute atomic E-state index is 13.2. The van der Waals surface area contributed by atoms with Crippen LogP contribution in [0.5, 0.6) is 0 Å². The minimum atomic E-state index is -1.39. The van der Waals surface area contributed by atoms with Gasteiger partial charge in [-0.2, -0.15) is 0 Å². The molecule has 1 aliphatic heterocycles. The van der Waals surface area contributed by atoms with E-state index >= 15 is 0 Å². The van der Waals surface area contributed by atoms with E-state index in [2.05, 4.69) is 4.99 Å². The highest BCUT2D eigenvalue weighted by Gasteiger charge is 2.35. The molecule has 0 radical (unpaired) electrons. The first kappa shape index (κ1) is 15.6. The molecule has 3 rings (SSSR count). The average Bonchev–Trinajstić information content (AvgIpc) is 2.93. The topological polar surface area (TPSA) is 35.8 Å². The molecule has 0 saturated carbocycles. The van der Waals surface area contributed by atoms with Crippen LogP contribution in [0.4, 0.5) is 8.78 Å². The Morgan fingerprint density at radius 1 is 1.00 bits per heavy atom. The number of aliphatic imine (C=N–C) groups is 1. The van der Waals surface area contributed by atoms with E-state index in [1.54, 1.807) is 24.3 Å². The molecule has 0 amide bonds. The zero-order valence-corrected chi connectivity index (χ0v) is 12.8. The molecule has 0 aliphatic carbocycles. The number of rotatable bonds is 4.